The first-order chi connectivity index (χ1) is 15.3. The van der Waals surface area contributed by atoms with E-state index in [2.05, 4.69) is 10.6 Å². The molecule has 0 bridgehead atoms. The molecule has 1 heterocycles. The Bertz CT molecular complexity index is 960. The van der Waals surface area contributed by atoms with Crippen molar-refractivity contribution >= 4 is 17.8 Å². The molecule has 0 saturated heterocycles. The van der Waals surface area contributed by atoms with Gasteiger partial charge in [0.1, 0.15) is 6.04 Å². The van der Waals surface area contributed by atoms with E-state index in [4.69, 9.17) is 14.2 Å². The third kappa shape index (κ3) is 6.23. The number of amides is 2. The van der Waals surface area contributed by atoms with Crippen LogP contribution in [0.3, 0.4) is 0 Å². The summed E-state index contributed by atoms with van der Waals surface area (Å²) in [5.41, 5.74) is 1.67. The number of rotatable bonds is 9. The highest BCUT2D eigenvalue weighted by molar-refractivity contribution is 5.88. The van der Waals surface area contributed by atoms with Crippen LogP contribution in [0.25, 0.3) is 0 Å². The number of hydrogen-bond donors (Lipinski definition) is 2. The minimum Gasteiger partial charge on any atom is -0.454 e. The van der Waals surface area contributed by atoms with Crippen LogP contribution in [-0.4, -0.2) is 36.7 Å². The molecule has 8 heteroatoms. The van der Waals surface area contributed by atoms with E-state index in [0.717, 1.165) is 11.1 Å². The topological polar surface area (TPSA) is 103 Å². The van der Waals surface area contributed by atoms with Crippen molar-refractivity contribution in [3.63, 3.8) is 0 Å². The molecule has 2 amide bonds. The molecule has 2 atom stereocenters. The van der Waals surface area contributed by atoms with Crippen molar-refractivity contribution in [2.45, 2.75) is 45.9 Å². The molecule has 2 aromatic carbocycles. The Labute approximate surface area is 187 Å². The molecule has 32 heavy (non-hydrogen) atoms. The van der Waals surface area contributed by atoms with Crippen molar-refractivity contribution in [1.82, 2.24) is 10.6 Å². The highest BCUT2D eigenvalue weighted by atomic mass is 16.7. The smallest absolute Gasteiger partial charge is 0.329 e. The van der Waals surface area contributed by atoms with Gasteiger partial charge >= 0.3 is 5.97 Å². The summed E-state index contributed by atoms with van der Waals surface area (Å²) in [6.45, 7) is 5.53. The SMILES string of the molecule is CC(C)[C@H](NC(=O)Cc1ccccc1)C(=O)O[C@@H](C)C(=O)NCc1ccc2c(c1)OCO2. The molecule has 170 valence electrons. The fourth-order valence-corrected chi connectivity index (χ4v) is 3.19. The van der Waals surface area contributed by atoms with Gasteiger partial charge in [0, 0.05) is 6.54 Å². The molecule has 0 fully saturated rings. The Hall–Kier alpha value is -3.55. The van der Waals surface area contributed by atoms with Crippen molar-refractivity contribution < 1.29 is 28.6 Å². The molecule has 0 aliphatic carbocycles. The molecule has 0 unspecified atom stereocenters. The monoisotopic (exact) mass is 440 g/mol. The molecule has 0 radical (unpaired) electrons. The van der Waals surface area contributed by atoms with E-state index in [1.807, 2.05) is 36.4 Å². The molecular weight excluding hydrogens is 412 g/mol. The minimum absolute atomic E-state index is 0.156. The Morgan fingerprint density at radius 3 is 2.41 bits per heavy atom. The highest BCUT2D eigenvalue weighted by Crippen LogP contribution is 2.32. The summed E-state index contributed by atoms with van der Waals surface area (Å²) >= 11 is 0. The standard InChI is InChI=1S/C24H28N2O6/c1-15(2)22(26-21(27)12-17-7-5-4-6-8-17)24(29)32-16(3)23(28)25-13-18-9-10-19-20(11-18)31-14-30-19/h4-11,15-16,22H,12-14H2,1-3H3,(H,25,28)(H,26,27)/t16-,22-/m0/s1. The van der Waals surface area contributed by atoms with Crippen LogP contribution in [0.15, 0.2) is 48.5 Å². The van der Waals surface area contributed by atoms with Crippen LogP contribution in [0.4, 0.5) is 0 Å². The number of carbonyl (C=O) groups is 3. The second-order valence-corrected chi connectivity index (χ2v) is 7.94. The number of ether oxygens (including phenoxy) is 3. The Kier molecular flexibility index (Phi) is 7.70. The van der Waals surface area contributed by atoms with Gasteiger partial charge in [-0.1, -0.05) is 50.2 Å². The molecule has 1 aliphatic rings. The van der Waals surface area contributed by atoms with Gasteiger partial charge in [0.25, 0.3) is 5.91 Å². The maximum absolute atomic E-state index is 12.6. The van der Waals surface area contributed by atoms with Gasteiger partial charge in [0.05, 0.1) is 6.42 Å². The van der Waals surface area contributed by atoms with Crippen LogP contribution in [0, 0.1) is 5.92 Å². The zero-order chi connectivity index (χ0) is 23.1. The lowest BCUT2D eigenvalue weighted by atomic mass is 10.0. The van der Waals surface area contributed by atoms with Crippen molar-refractivity contribution in [2.75, 3.05) is 6.79 Å². The summed E-state index contributed by atoms with van der Waals surface area (Å²) in [5, 5.41) is 5.46. The Balaban J connectivity index is 1.50. The summed E-state index contributed by atoms with van der Waals surface area (Å²) < 4.78 is 15.9. The number of nitrogens with one attached hydrogen (secondary N) is 2. The number of benzene rings is 2. The molecule has 2 aromatic rings. The van der Waals surface area contributed by atoms with Crippen molar-refractivity contribution in [1.29, 1.82) is 0 Å². The predicted molar refractivity (Wildman–Crippen MR) is 117 cm³/mol. The summed E-state index contributed by atoms with van der Waals surface area (Å²) in [5.74, 6) is -0.280. The van der Waals surface area contributed by atoms with E-state index < -0.39 is 24.0 Å². The van der Waals surface area contributed by atoms with Crippen LogP contribution in [0.1, 0.15) is 31.9 Å². The number of fused-ring (bicyclic) bond motifs is 1. The van der Waals surface area contributed by atoms with E-state index in [9.17, 15) is 14.4 Å². The quantitative estimate of drug-likeness (QED) is 0.581. The zero-order valence-corrected chi connectivity index (χ0v) is 18.4. The molecule has 2 N–H and O–H groups in total. The molecular formula is C24H28N2O6. The minimum atomic E-state index is -1.01. The maximum atomic E-state index is 12.6. The second kappa shape index (κ2) is 10.7. The predicted octanol–water partition coefficient (Wildman–Crippen LogP) is 2.35. The number of esters is 1. The van der Waals surface area contributed by atoms with Gasteiger partial charge < -0.3 is 24.8 Å². The van der Waals surface area contributed by atoms with E-state index >= 15 is 0 Å². The van der Waals surface area contributed by atoms with Gasteiger partial charge in [-0.2, -0.15) is 0 Å². The van der Waals surface area contributed by atoms with Crippen molar-refractivity contribution in [3.8, 4) is 11.5 Å². The lowest BCUT2D eigenvalue weighted by Crippen LogP contribution is -2.48. The molecule has 0 saturated carbocycles. The summed E-state index contributed by atoms with van der Waals surface area (Å²) in [4.78, 5) is 37.4. The lowest BCUT2D eigenvalue weighted by molar-refractivity contribution is -0.158. The average Bonchev–Trinajstić information content (AvgIpc) is 3.24. The van der Waals surface area contributed by atoms with E-state index in [-0.39, 0.29) is 31.6 Å². The third-order valence-electron chi connectivity index (χ3n) is 5.01. The van der Waals surface area contributed by atoms with Crippen LogP contribution < -0.4 is 20.1 Å². The molecule has 8 nitrogen and oxygen atoms in total. The Morgan fingerprint density at radius 1 is 0.969 bits per heavy atom. The van der Waals surface area contributed by atoms with Gasteiger partial charge in [-0.15, -0.1) is 0 Å². The zero-order valence-electron chi connectivity index (χ0n) is 18.4. The van der Waals surface area contributed by atoms with E-state index in [1.54, 1.807) is 26.0 Å². The highest BCUT2D eigenvalue weighted by Gasteiger charge is 2.29. The lowest BCUT2D eigenvalue weighted by Gasteiger charge is -2.23. The van der Waals surface area contributed by atoms with Gasteiger partial charge in [-0.05, 0) is 36.1 Å². The fourth-order valence-electron chi connectivity index (χ4n) is 3.19. The first kappa shape index (κ1) is 23.1. The Morgan fingerprint density at radius 2 is 1.69 bits per heavy atom. The first-order valence-corrected chi connectivity index (χ1v) is 10.5. The summed E-state index contributed by atoms with van der Waals surface area (Å²) in [7, 11) is 0. The summed E-state index contributed by atoms with van der Waals surface area (Å²) in [6.07, 6.45) is -0.855. The molecule has 0 spiro atoms. The molecule has 3 rings (SSSR count). The van der Waals surface area contributed by atoms with Crippen LogP contribution in [0.2, 0.25) is 0 Å². The van der Waals surface area contributed by atoms with Gasteiger partial charge in [0.15, 0.2) is 17.6 Å². The largest absolute Gasteiger partial charge is 0.454 e. The van der Waals surface area contributed by atoms with Crippen molar-refractivity contribution in [2.24, 2.45) is 5.92 Å². The second-order valence-electron chi connectivity index (χ2n) is 7.94. The van der Waals surface area contributed by atoms with Gasteiger partial charge in [-0.3, -0.25) is 9.59 Å². The summed E-state index contributed by atoms with van der Waals surface area (Å²) in [6, 6.07) is 13.8. The number of carbonyl (C=O) groups excluding carboxylic acids is 3. The van der Waals surface area contributed by atoms with Gasteiger partial charge in [0.2, 0.25) is 12.7 Å². The third-order valence-corrected chi connectivity index (χ3v) is 5.01. The fraction of sp³-hybridized carbons (Fsp3) is 0.375. The maximum Gasteiger partial charge on any atom is 0.329 e. The van der Waals surface area contributed by atoms with Gasteiger partial charge in [-0.25, -0.2) is 4.79 Å². The van der Waals surface area contributed by atoms with Crippen LogP contribution in [-0.2, 0) is 32.1 Å². The normalized spacial score (nSPS) is 13.9. The van der Waals surface area contributed by atoms with Crippen molar-refractivity contribution in [3.05, 3.63) is 59.7 Å². The first-order valence-electron chi connectivity index (χ1n) is 10.5. The molecule has 1 aliphatic heterocycles. The molecule has 0 aromatic heterocycles. The van der Waals surface area contributed by atoms with Crippen LogP contribution >= 0.6 is 0 Å². The average molecular weight is 440 g/mol. The van der Waals surface area contributed by atoms with E-state index in [0.29, 0.717) is 11.5 Å². The van der Waals surface area contributed by atoms with Crippen LogP contribution in [0.5, 0.6) is 11.5 Å². The number of hydrogen-bond acceptors (Lipinski definition) is 6. The van der Waals surface area contributed by atoms with E-state index in [1.165, 1.54) is 6.92 Å².